The third kappa shape index (κ3) is 3.63. The molecule has 6 nitrogen and oxygen atoms in total. The summed E-state index contributed by atoms with van der Waals surface area (Å²) in [6.07, 6.45) is -0.716. The highest BCUT2D eigenvalue weighted by molar-refractivity contribution is 5.83. The van der Waals surface area contributed by atoms with Crippen molar-refractivity contribution >= 4 is 5.91 Å². The Hall–Kier alpha value is -0.690. The van der Waals surface area contributed by atoms with Crippen molar-refractivity contribution in [2.75, 3.05) is 6.61 Å². The third-order valence-corrected chi connectivity index (χ3v) is 1.56. The van der Waals surface area contributed by atoms with Crippen LogP contribution in [0.1, 0.15) is 12.8 Å². The predicted molar refractivity (Wildman–Crippen MR) is 42.6 cm³/mol. The Morgan fingerprint density at radius 2 is 2.00 bits per heavy atom. The average molecular weight is 177 g/mol. The van der Waals surface area contributed by atoms with Gasteiger partial charge in [-0.25, -0.2) is 0 Å². The van der Waals surface area contributed by atoms with Crippen LogP contribution in [0.2, 0.25) is 0 Å². The number of nitrogens with two attached hydrogens (primary N) is 3. The third-order valence-electron chi connectivity index (χ3n) is 1.56. The second-order valence-corrected chi connectivity index (χ2v) is 2.78. The lowest BCUT2D eigenvalue weighted by Crippen LogP contribution is -2.59. The molecule has 0 aromatic heterocycles. The highest BCUT2D eigenvalue weighted by Crippen LogP contribution is 2.04. The Morgan fingerprint density at radius 3 is 2.33 bits per heavy atom. The van der Waals surface area contributed by atoms with E-state index >= 15 is 0 Å². The van der Waals surface area contributed by atoms with Crippen molar-refractivity contribution in [3.63, 3.8) is 0 Å². The minimum atomic E-state index is -1.60. The molecule has 72 valence electrons. The standard InChI is InChI=1S/C6H15N3O3/c7-5(12)6(8,9)2-1-4(11)3-10/h4,10-11H,1-3,8-9H2,(H2,7,12)/t4-/m0/s1. The van der Waals surface area contributed by atoms with Crippen LogP contribution in [0.4, 0.5) is 0 Å². The molecule has 12 heavy (non-hydrogen) atoms. The summed E-state index contributed by atoms with van der Waals surface area (Å²) in [6.45, 7) is -0.380. The van der Waals surface area contributed by atoms with Crippen molar-refractivity contribution < 1.29 is 15.0 Å². The molecule has 0 radical (unpaired) electrons. The summed E-state index contributed by atoms with van der Waals surface area (Å²) in [4.78, 5) is 10.5. The van der Waals surface area contributed by atoms with E-state index in [1.165, 1.54) is 0 Å². The van der Waals surface area contributed by atoms with E-state index in [1.807, 2.05) is 0 Å². The van der Waals surface area contributed by atoms with Gasteiger partial charge in [0.2, 0.25) is 0 Å². The van der Waals surface area contributed by atoms with Gasteiger partial charge in [-0.15, -0.1) is 0 Å². The van der Waals surface area contributed by atoms with E-state index in [2.05, 4.69) is 0 Å². The zero-order valence-corrected chi connectivity index (χ0v) is 6.73. The maximum absolute atomic E-state index is 10.5. The fourth-order valence-electron chi connectivity index (χ4n) is 0.620. The van der Waals surface area contributed by atoms with E-state index in [0.29, 0.717) is 0 Å². The highest BCUT2D eigenvalue weighted by atomic mass is 16.3. The molecule has 0 heterocycles. The summed E-state index contributed by atoms with van der Waals surface area (Å²) in [7, 11) is 0. The molecule has 1 atom stereocenters. The summed E-state index contributed by atoms with van der Waals surface area (Å²) in [6, 6.07) is 0. The smallest absolute Gasteiger partial charge is 0.252 e. The topological polar surface area (TPSA) is 136 Å². The van der Waals surface area contributed by atoms with Gasteiger partial charge in [0.15, 0.2) is 0 Å². The minimum absolute atomic E-state index is 0.0457. The van der Waals surface area contributed by atoms with E-state index in [1.54, 1.807) is 0 Å². The summed E-state index contributed by atoms with van der Waals surface area (Å²) < 4.78 is 0. The van der Waals surface area contributed by atoms with Crippen LogP contribution in [-0.2, 0) is 4.79 Å². The molecule has 0 aliphatic carbocycles. The molecular formula is C6H15N3O3. The number of primary amides is 1. The average Bonchev–Trinajstić information content (AvgIpc) is 2.00. The number of amides is 1. The molecule has 0 bridgehead atoms. The molecule has 6 heteroatoms. The van der Waals surface area contributed by atoms with Crippen molar-refractivity contribution in [2.45, 2.75) is 24.6 Å². The van der Waals surface area contributed by atoms with Crippen LogP contribution >= 0.6 is 0 Å². The summed E-state index contributed by atoms with van der Waals surface area (Å²) in [5, 5.41) is 17.3. The lowest BCUT2D eigenvalue weighted by Gasteiger charge is -2.21. The molecule has 0 spiro atoms. The Bertz CT molecular complexity index is 160. The largest absolute Gasteiger partial charge is 0.394 e. The lowest BCUT2D eigenvalue weighted by atomic mass is 10.0. The molecule has 0 aliphatic heterocycles. The van der Waals surface area contributed by atoms with E-state index in [-0.39, 0.29) is 19.4 Å². The normalized spacial score (nSPS) is 14.3. The van der Waals surface area contributed by atoms with E-state index in [4.69, 9.17) is 27.4 Å². The van der Waals surface area contributed by atoms with Crippen LogP contribution in [-0.4, -0.2) is 34.5 Å². The number of rotatable bonds is 5. The van der Waals surface area contributed by atoms with Gasteiger partial charge in [0.25, 0.3) is 5.91 Å². The summed E-state index contributed by atoms with van der Waals surface area (Å²) >= 11 is 0. The minimum Gasteiger partial charge on any atom is -0.394 e. The molecule has 0 saturated heterocycles. The van der Waals surface area contributed by atoms with E-state index < -0.39 is 17.7 Å². The van der Waals surface area contributed by atoms with Crippen molar-refractivity contribution in [1.29, 1.82) is 0 Å². The Morgan fingerprint density at radius 1 is 1.50 bits per heavy atom. The molecule has 0 rings (SSSR count). The molecule has 0 saturated carbocycles. The first kappa shape index (κ1) is 11.3. The van der Waals surface area contributed by atoms with Crippen molar-refractivity contribution in [1.82, 2.24) is 0 Å². The Kier molecular flexibility index (Phi) is 4.11. The van der Waals surface area contributed by atoms with Crippen LogP contribution in [0.3, 0.4) is 0 Å². The van der Waals surface area contributed by atoms with Crippen molar-refractivity contribution in [3.8, 4) is 0 Å². The van der Waals surface area contributed by atoms with Gasteiger partial charge >= 0.3 is 0 Å². The second kappa shape index (κ2) is 4.36. The first-order valence-electron chi connectivity index (χ1n) is 3.56. The predicted octanol–water partition coefficient (Wildman–Crippen LogP) is -2.78. The van der Waals surface area contributed by atoms with Gasteiger partial charge in [-0.1, -0.05) is 0 Å². The molecule has 1 amide bonds. The van der Waals surface area contributed by atoms with Gasteiger partial charge in [0, 0.05) is 0 Å². The van der Waals surface area contributed by atoms with Crippen molar-refractivity contribution in [3.05, 3.63) is 0 Å². The maximum Gasteiger partial charge on any atom is 0.252 e. The molecule has 0 aromatic rings. The highest BCUT2D eigenvalue weighted by Gasteiger charge is 2.26. The fraction of sp³-hybridized carbons (Fsp3) is 0.833. The quantitative estimate of drug-likeness (QED) is 0.289. The number of aliphatic hydroxyl groups excluding tert-OH is 2. The number of carbonyl (C=O) groups is 1. The zero-order valence-electron chi connectivity index (χ0n) is 6.73. The van der Waals surface area contributed by atoms with Crippen LogP contribution in [0, 0.1) is 0 Å². The van der Waals surface area contributed by atoms with Gasteiger partial charge in [0.1, 0.15) is 5.66 Å². The number of aliphatic hydroxyl groups is 2. The Labute approximate surface area is 70.3 Å². The number of carbonyl (C=O) groups excluding carboxylic acids is 1. The lowest BCUT2D eigenvalue weighted by molar-refractivity contribution is -0.123. The first-order valence-corrected chi connectivity index (χ1v) is 3.56. The second-order valence-electron chi connectivity index (χ2n) is 2.78. The van der Waals surface area contributed by atoms with Crippen molar-refractivity contribution in [2.24, 2.45) is 17.2 Å². The Balaban J connectivity index is 3.83. The van der Waals surface area contributed by atoms with Gasteiger partial charge in [-0.3, -0.25) is 4.79 Å². The van der Waals surface area contributed by atoms with Gasteiger partial charge in [-0.2, -0.15) is 0 Å². The van der Waals surface area contributed by atoms with Crippen LogP contribution in [0.5, 0.6) is 0 Å². The molecular weight excluding hydrogens is 162 g/mol. The monoisotopic (exact) mass is 177 g/mol. The van der Waals surface area contributed by atoms with E-state index in [9.17, 15) is 4.79 Å². The molecule has 0 aliphatic rings. The fourth-order valence-corrected chi connectivity index (χ4v) is 0.620. The molecule has 8 N–H and O–H groups in total. The van der Waals surface area contributed by atoms with Crippen LogP contribution in [0.25, 0.3) is 0 Å². The van der Waals surface area contributed by atoms with Crippen LogP contribution < -0.4 is 17.2 Å². The summed E-state index contributed by atoms with van der Waals surface area (Å²) in [5.41, 5.74) is 13.8. The molecule has 0 aromatic carbocycles. The number of hydrogen-bond donors (Lipinski definition) is 5. The van der Waals surface area contributed by atoms with Crippen LogP contribution in [0.15, 0.2) is 0 Å². The first-order chi connectivity index (χ1) is 5.40. The summed E-state index contributed by atoms with van der Waals surface area (Å²) in [5.74, 6) is -0.826. The maximum atomic E-state index is 10.5. The van der Waals surface area contributed by atoms with E-state index in [0.717, 1.165) is 0 Å². The molecule has 0 unspecified atom stereocenters. The molecule has 0 fully saturated rings. The van der Waals surface area contributed by atoms with Gasteiger partial charge < -0.3 is 27.4 Å². The number of hydrogen-bond acceptors (Lipinski definition) is 5. The SMILES string of the molecule is NC(=O)C(N)(N)CC[C@H](O)CO. The van der Waals surface area contributed by atoms with Gasteiger partial charge in [-0.05, 0) is 12.8 Å². The zero-order chi connectivity index (χ0) is 9.78. The van der Waals surface area contributed by atoms with Gasteiger partial charge in [0.05, 0.1) is 12.7 Å².